The molecule has 10 nitrogen and oxygen atoms in total. The van der Waals surface area contributed by atoms with Crippen LogP contribution in [0.2, 0.25) is 0 Å². The van der Waals surface area contributed by atoms with Gasteiger partial charge in [-0.15, -0.1) is 0 Å². The summed E-state index contributed by atoms with van der Waals surface area (Å²) in [7, 11) is 0. The largest absolute Gasteiger partial charge is 1.00 e. The zero-order valence-electron chi connectivity index (χ0n) is 33.8. The molecular weight excluding hydrogens is 710 g/mol. The summed E-state index contributed by atoms with van der Waals surface area (Å²) < 4.78 is 0. The molecule has 31 heavy (non-hydrogen) atoms. The van der Waals surface area contributed by atoms with Crippen LogP contribution in [0.5, 0.6) is 0 Å². The molecule has 0 amide bonds. The second-order valence-electron chi connectivity index (χ2n) is 2.60. The van der Waals surface area contributed by atoms with E-state index in [1.165, 1.54) is 0 Å². The van der Waals surface area contributed by atoms with Gasteiger partial charge in [-0.3, -0.25) is 24.0 Å². The number of hydrogen-bond donors (Lipinski definition) is 5. The molecule has 0 aromatic heterocycles. The quantitative estimate of drug-likeness (QED) is 0.150. The molecule has 0 aliphatic carbocycles. The zero-order chi connectivity index (χ0) is 17.9. The second-order valence-corrected chi connectivity index (χ2v) is 2.60. The first-order valence-electron chi connectivity index (χ1n) is 4.64. The van der Waals surface area contributed by atoms with Gasteiger partial charge in [0, 0.05) is 34.6 Å². The van der Waals surface area contributed by atoms with E-state index in [0.717, 1.165) is 34.6 Å². The van der Waals surface area contributed by atoms with E-state index < -0.39 is 29.8 Å². The van der Waals surface area contributed by atoms with Gasteiger partial charge in [-0.1, -0.05) is 0 Å². The molecular formula is C10H31K11O10. The van der Waals surface area contributed by atoms with Crippen molar-refractivity contribution < 1.29 is 630 Å². The third-order valence-electron chi connectivity index (χ3n) is 0. The van der Waals surface area contributed by atoms with Crippen LogP contribution in [0.4, 0.5) is 0 Å². The number of carbonyl (C=O) groups is 5. The third kappa shape index (κ3) is 362. The van der Waals surface area contributed by atoms with Crippen LogP contribution in [0, 0.1) is 0 Å². The molecule has 0 unspecified atom stereocenters. The van der Waals surface area contributed by atoms with Crippen LogP contribution in [-0.4, -0.2) is 55.4 Å². The predicted molar refractivity (Wildman–Crippen MR) is 78.8 cm³/mol. The predicted octanol–water partition coefficient (Wildman–Crippen LogP) is -31.3. The van der Waals surface area contributed by atoms with Gasteiger partial charge in [0.1, 0.15) is 0 Å². The average Bonchev–Trinajstić information content (AvgIpc) is 1.94. The Bertz CT molecular complexity index is 269. The van der Waals surface area contributed by atoms with Gasteiger partial charge in [0.2, 0.25) is 0 Å². The first-order chi connectivity index (χ1) is 8.66. The molecule has 0 aromatic carbocycles. The van der Waals surface area contributed by atoms with Crippen LogP contribution in [-0.2, 0) is 24.0 Å². The van der Waals surface area contributed by atoms with Crippen molar-refractivity contribution >= 4 is 29.8 Å². The molecule has 5 N–H and O–H groups in total. The molecule has 0 fully saturated rings. The Hall–Kier alpha value is 15.4. The van der Waals surface area contributed by atoms with Gasteiger partial charge in [-0.2, -0.15) is 0 Å². The molecule has 21 heteroatoms. The van der Waals surface area contributed by atoms with Gasteiger partial charge in [0.05, 0.1) is 0 Å². The molecule has 0 aliphatic heterocycles. The number of aliphatic carboxylic acids is 5. The summed E-state index contributed by atoms with van der Waals surface area (Å²) in [6, 6.07) is 0. The van der Waals surface area contributed by atoms with Crippen LogP contribution >= 0.6 is 0 Å². The Morgan fingerprint density at radius 1 is 0.323 bits per heavy atom. The molecule has 0 bridgehead atoms. The average molecular weight is 741 g/mol. The summed E-state index contributed by atoms with van der Waals surface area (Å²) in [5.74, 6) is -4.17. The molecule has 0 heterocycles. The molecule has 142 valence electrons. The Morgan fingerprint density at radius 2 is 0.323 bits per heavy atom. The standard InChI is InChI=1S/5C2H4O2.11K.11H/c5*1-2(3)4;;;;;;;;;;;;;;;;;;;;;;/h5*1H3,(H,3,4);;;;;;;;;;;;;;;;;;;;;;/q;;;;;11*+1;11*-1. The van der Waals surface area contributed by atoms with Crippen molar-refractivity contribution in [2.24, 2.45) is 0 Å². The van der Waals surface area contributed by atoms with E-state index in [1.54, 1.807) is 0 Å². The van der Waals surface area contributed by atoms with Crippen LogP contribution in [0.25, 0.3) is 0 Å². The van der Waals surface area contributed by atoms with Crippen molar-refractivity contribution in [2.45, 2.75) is 34.6 Å². The fourth-order valence-electron chi connectivity index (χ4n) is 0. The molecule has 0 saturated carbocycles. The minimum absolute atomic E-state index is 0. The van der Waals surface area contributed by atoms with Crippen molar-refractivity contribution in [3.63, 3.8) is 0 Å². The first-order valence-corrected chi connectivity index (χ1v) is 4.64. The van der Waals surface area contributed by atoms with Crippen molar-refractivity contribution in [1.29, 1.82) is 0 Å². The molecule has 0 aliphatic rings. The van der Waals surface area contributed by atoms with Crippen LogP contribution in [0.3, 0.4) is 0 Å². The minimum Gasteiger partial charge on any atom is -1.00 e. The smallest absolute Gasteiger partial charge is 1.00 e. The van der Waals surface area contributed by atoms with Crippen LogP contribution < -0.4 is 565 Å². The van der Waals surface area contributed by atoms with E-state index in [4.69, 9.17) is 49.5 Å². The molecule has 0 rings (SSSR count). The third-order valence-corrected chi connectivity index (χ3v) is 0. The van der Waals surface area contributed by atoms with E-state index in [0.29, 0.717) is 0 Å². The van der Waals surface area contributed by atoms with Crippen LogP contribution in [0.15, 0.2) is 0 Å². The van der Waals surface area contributed by atoms with Gasteiger partial charge < -0.3 is 41.2 Å². The Labute approximate surface area is 669 Å². The van der Waals surface area contributed by atoms with E-state index in [9.17, 15) is 0 Å². The SMILES string of the molecule is CC(=O)O.CC(=O)O.CC(=O)O.CC(=O)O.CC(=O)O.[H-].[H-].[H-].[H-].[H-].[H-].[H-].[H-].[H-].[H-].[H-].[K+].[K+].[K+].[K+].[K+].[K+].[K+].[K+].[K+].[K+].[K+]. The number of hydrogen-bond acceptors (Lipinski definition) is 5. The summed E-state index contributed by atoms with van der Waals surface area (Å²) in [5.41, 5.74) is 0. The summed E-state index contributed by atoms with van der Waals surface area (Å²) in [6.07, 6.45) is 0. The maximum absolute atomic E-state index is 9.00. The van der Waals surface area contributed by atoms with Gasteiger partial charge in [-0.25, -0.2) is 0 Å². The summed E-state index contributed by atoms with van der Waals surface area (Å²) in [4.78, 5) is 45.0. The molecule has 0 spiro atoms. The van der Waals surface area contributed by atoms with Gasteiger partial charge >= 0.3 is 565 Å². The molecule has 0 atom stereocenters. The van der Waals surface area contributed by atoms with E-state index in [-0.39, 0.29) is 581 Å². The minimum atomic E-state index is -0.833. The number of carboxylic acid groups (broad SMARTS) is 5. The Kier molecular flexibility index (Phi) is 323. The van der Waals surface area contributed by atoms with E-state index >= 15 is 0 Å². The summed E-state index contributed by atoms with van der Waals surface area (Å²) in [6.45, 7) is 5.42. The summed E-state index contributed by atoms with van der Waals surface area (Å²) >= 11 is 0. The van der Waals surface area contributed by atoms with Gasteiger partial charge in [0.15, 0.2) is 0 Å². The maximum Gasteiger partial charge on any atom is 1.00 e. The Morgan fingerprint density at radius 3 is 0.323 bits per heavy atom. The summed E-state index contributed by atoms with van der Waals surface area (Å²) in [5, 5.41) is 37.1. The van der Waals surface area contributed by atoms with Crippen molar-refractivity contribution in [2.75, 3.05) is 0 Å². The van der Waals surface area contributed by atoms with E-state index in [1.807, 2.05) is 0 Å². The number of carboxylic acids is 5. The maximum atomic E-state index is 9.00. The molecule has 0 aromatic rings. The van der Waals surface area contributed by atoms with Crippen molar-refractivity contribution in [3.05, 3.63) is 0 Å². The van der Waals surface area contributed by atoms with Crippen molar-refractivity contribution in [3.8, 4) is 0 Å². The topological polar surface area (TPSA) is 186 Å². The first kappa shape index (κ1) is 103. The van der Waals surface area contributed by atoms with Gasteiger partial charge in [0.25, 0.3) is 29.8 Å². The van der Waals surface area contributed by atoms with E-state index in [2.05, 4.69) is 0 Å². The monoisotopic (exact) mass is 740 g/mol. The normalized spacial score (nSPS) is 4.03. The van der Waals surface area contributed by atoms with Gasteiger partial charge in [-0.05, 0) is 0 Å². The second kappa shape index (κ2) is 96.8. The molecule has 0 radical (unpaired) electrons. The fraction of sp³-hybridized carbons (Fsp3) is 0.500. The zero-order valence-corrected chi connectivity index (χ0v) is 57.1. The van der Waals surface area contributed by atoms with Crippen molar-refractivity contribution in [1.82, 2.24) is 0 Å². The van der Waals surface area contributed by atoms with Crippen LogP contribution in [0.1, 0.15) is 50.3 Å². The fourth-order valence-corrected chi connectivity index (χ4v) is 0. The Balaban J connectivity index is -0.00000000237. The number of rotatable bonds is 0. The molecule has 0 saturated heterocycles.